The highest BCUT2D eigenvalue weighted by molar-refractivity contribution is 5.35. The molecule has 0 aromatic heterocycles. The number of halogens is 3. The molecule has 4 heteroatoms. The van der Waals surface area contributed by atoms with Crippen LogP contribution in [0.1, 0.15) is 12.0 Å². The van der Waals surface area contributed by atoms with E-state index in [-0.39, 0.29) is 18.6 Å². The lowest BCUT2D eigenvalue weighted by atomic mass is 10.2. The SMILES string of the molecule is OCCC#Cc1cc(F)c(F)c(F)c1. The molecule has 0 fully saturated rings. The van der Waals surface area contributed by atoms with Crippen LogP contribution in [0.3, 0.4) is 0 Å². The van der Waals surface area contributed by atoms with E-state index in [1.807, 2.05) is 0 Å². The average Bonchev–Trinajstić information content (AvgIpc) is 2.14. The van der Waals surface area contributed by atoms with Gasteiger partial charge in [0.1, 0.15) is 0 Å². The summed E-state index contributed by atoms with van der Waals surface area (Å²) in [5, 5.41) is 8.39. The Balaban J connectivity index is 2.97. The summed E-state index contributed by atoms with van der Waals surface area (Å²) in [6.07, 6.45) is 0.209. The van der Waals surface area contributed by atoms with Crippen LogP contribution in [-0.4, -0.2) is 11.7 Å². The molecule has 1 rings (SSSR count). The molecule has 0 aliphatic rings. The first kappa shape index (κ1) is 10.6. The van der Waals surface area contributed by atoms with Gasteiger partial charge in [-0.15, -0.1) is 0 Å². The van der Waals surface area contributed by atoms with Crippen molar-refractivity contribution in [3.63, 3.8) is 0 Å². The third-order valence-electron chi connectivity index (χ3n) is 1.45. The molecule has 14 heavy (non-hydrogen) atoms. The Morgan fingerprint density at radius 1 is 1.14 bits per heavy atom. The summed E-state index contributed by atoms with van der Waals surface area (Å²) in [6.45, 7) is -0.126. The minimum Gasteiger partial charge on any atom is -0.395 e. The number of hydrogen-bond donors (Lipinski definition) is 1. The lowest BCUT2D eigenvalue weighted by Crippen LogP contribution is -1.91. The maximum Gasteiger partial charge on any atom is 0.194 e. The van der Waals surface area contributed by atoms with Gasteiger partial charge in [-0.2, -0.15) is 0 Å². The molecule has 0 saturated heterocycles. The zero-order valence-corrected chi connectivity index (χ0v) is 7.15. The van der Waals surface area contributed by atoms with Crippen molar-refractivity contribution in [2.45, 2.75) is 6.42 Å². The Bertz CT molecular complexity index is 367. The van der Waals surface area contributed by atoms with Crippen LogP contribution in [0.4, 0.5) is 13.2 Å². The van der Waals surface area contributed by atoms with Gasteiger partial charge >= 0.3 is 0 Å². The molecule has 0 atom stereocenters. The molecule has 74 valence electrons. The van der Waals surface area contributed by atoms with Crippen molar-refractivity contribution in [1.29, 1.82) is 0 Å². The Labute approximate surface area is 79.2 Å². The Morgan fingerprint density at radius 3 is 2.21 bits per heavy atom. The van der Waals surface area contributed by atoms with Crippen molar-refractivity contribution in [2.75, 3.05) is 6.61 Å². The Kier molecular flexibility index (Phi) is 3.55. The van der Waals surface area contributed by atoms with Gasteiger partial charge in [0.2, 0.25) is 0 Å². The van der Waals surface area contributed by atoms with Crippen LogP contribution in [0, 0.1) is 29.3 Å². The lowest BCUT2D eigenvalue weighted by molar-refractivity contribution is 0.305. The molecule has 0 heterocycles. The van der Waals surface area contributed by atoms with Crippen LogP contribution in [0.2, 0.25) is 0 Å². The smallest absolute Gasteiger partial charge is 0.194 e. The second-order valence-corrected chi connectivity index (χ2v) is 2.53. The van der Waals surface area contributed by atoms with Gasteiger partial charge in [-0.05, 0) is 12.1 Å². The topological polar surface area (TPSA) is 20.2 Å². The fraction of sp³-hybridized carbons (Fsp3) is 0.200. The largest absolute Gasteiger partial charge is 0.395 e. The summed E-state index contributed by atoms with van der Waals surface area (Å²) < 4.78 is 37.7. The first-order valence-corrected chi connectivity index (χ1v) is 3.89. The molecule has 0 unspecified atom stereocenters. The molecule has 1 N–H and O–H groups in total. The van der Waals surface area contributed by atoms with Gasteiger partial charge in [-0.25, -0.2) is 13.2 Å². The maximum atomic E-state index is 12.6. The number of aliphatic hydroxyl groups excluding tert-OH is 1. The summed E-state index contributed by atoms with van der Waals surface area (Å²) >= 11 is 0. The van der Waals surface area contributed by atoms with Crippen LogP contribution >= 0.6 is 0 Å². The van der Waals surface area contributed by atoms with Crippen molar-refractivity contribution < 1.29 is 18.3 Å². The number of hydrogen-bond acceptors (Lipinski definition) is 1. The summed E-state index contributed by atoms with van der Waals surface area (Å²) in [5.74, 6) is 0.834. The highest BCUT2D eigenvalue weighted by Gasteiger charge is 2.08. The van der Waals surface area contributed by atoms with Crippen molar-refractivity contribution in [3.8, 4) is 11.8 Å². The summed E-state index contributed by atoms with van der Waals surface area (Å²) in [6, 6.07) is 1.62. The molecule has 0 spiro atoms. The van der Waals surface area contributed by atoms with Gasteiger partial charge in [0.15, 0.2) is 17.5 Å². The van der Waals surface area contributed by atoms with E-state index < -0.39 is 17.5 Å². The van der Waals surface area contributed by atoms with Gasteiger partial charge in [0.05, 0.1) is 6.61 Å². The normalized spacial score (nSPS) is 9.43. The predicted octanol–water partition coefficient (Wildman–Crippen LogP) is 1.84. The van der Waals surface area contributed by atoms with Crippen LogP contribution in [0.15, 0.2) is 12.1 Å². The summed E-state index contributed by atoms with van der Waals surface area (Å²) in [5.41, 5.74) is 0.0508. The molecule has 0 aliphatic heterocycles. The van der Waals surface area contributed by atoms with Gasteiger partial charge in [0, 0.05) is 12.0 Å². The van der Waals surface area contributed by atoms with Crippen molar-refractivity contribution >= 4 is 0 Å². The average molecular weight is 200 g/mol. The van der Waals surface area contributed by atoms with E-state index in [0.717, 1.165) is 12.1 Å². The fourth-order valence-corrected chi connectivity index (χ4v) is 0.848. The van der Waals surface area contributed by atoms with Crippen molar-refractivity contribution in [1.82, 2.24) is 0 Å². The Hall–Kier alpha value is -1.47. The summed E-state index contributed by atoms with van der Waals surface area (Å²) in [7, 11) is 0. The number of benzene rings is 1. The molecule has 0 radical (unpaired) electrons. The first-order chi connectivity index (χ1) is 6.65. The van der Waals surface area contributed by atoms with Crippen molar-refractivity contribution in [2.24, 2.45) is 0 Å². The molecular weight excluding hydrogens is 193 g/mol. The highest BCUT2D eigenvalue weighted by atomic mass is 19.2. The number of rotatable bonds is 1. The Morgan fingerprint density at radius 2 is 1.71 bits per heavy atom. The molecule has 1 aromatic carbocycles. The van der Waals surface area contributed by atoms with Gasteiger partial charge < -0.3 is 5.11 Å². The minimum absolute atomic E-state index is 0.0508. The van der Waals surface area contributed by atoms with E-state index in [0.29, 0.717) is 0 Å². The zero-order chi connectivity index (χ0) is 10.6. The maximum absolute atomic E-state index is 12.6. The number of aliphatic hydroxyl groups is 1. The van der Waals surface area contributed by atoms with Crippen molar-refractivity contribution in [3.05, 3.63) is 35.1 Å². The van der Waals surface area contributed by atoms with Gasteiger partial charge in [-0.3, -0.25) is 0 Å². The molecule has 0 aliphatic carbocycles. The van der Waals surface area contributed by atoms with E-state index in [1.165, 1.54) is 0 Å². The third kappa shape index (κ3) is 2.51. The van der Waals surface area contributed by atoms with E-state index in [2.05, 4.69) is 11.8 Å². The molecule has 0 saturated carbocycles. The zero-order valence-electron chi connectivity index (χ0n) is 7.15. The molecular formula is C10H7F3O. The molecule has 0 bridgehead atoms. The first-order valence-electron chi connectivity index (χ1n) is 3.89. The van der Waals surface area contributed by atoms with E-state index in [1.54, 1.807) is 0 Å². The highest BCUT2D eigenvalue weighted by Crippen LogP contribution is 2.12. The van der Waals surface area contributed by atoms with Crippen LogP contribution in [0.5, 0.6) is 0 Å². The third-order valence-corrected chi connectivity index (χ3v) is 1.45. The second kappa shape index (κ2) is 4.68. The monoisotopic (exact) mass is 200 g/mol. The summed E-state index contributed by atoms with van der Waals surface area (Å²) in [4.78, 5) is 0. The van der Waals surface area contributed by atoms with Crippen LogP contribution < -0.4 is 0 Å². The van der Waals surface area contributed by atoms with Crippen LogP contribution in [0.25, 0.3) is 0 Å². The second-order valence-electron chi connectivity index (χ2n) is 2.53. The molecule has 0 amide bonds. The van der Waals surface area contributed by atoms with E-state index in [4.69, 9.17) is 5.11 Å². The predicted molar refractivity (Wildman–Crippen MR) is 44.9 cm³/mol. The fourth-order valence-electron chi connectivity index (χ4n) is 0.848. The minimum atomic E-state index is -1.50. The lowest BCUT2D eigenvalue weighted by Gasteiger charge is -1.95. The van der Waals surface area contributed by atoms with Gasteiger partial charge in [0.25, 0.3) is 0 Å². The van der Waals surface area contributed by atoms with Crippen LogP contribution in [-0.2, 0) is 0 Å². The van der Waals surface area contributed by atoms with E-state index >= 15 is 0 Å². The standard InChI is InChI=1S/C10H7F3O/c11-8-5-7(3-1-2-4-14)6-9(12)10(8)13/h5-6,14H,2,4H2. The van der Waals surface area contributed by atoms with E-state index in [9.17, 15) is 13.2 Å². The molecule has 1 aromatic rings. The molecule has 1 nitrogen and oxygen atoms in total. The quantitative estimate of drug-likeness (QED) is 0.541. The van der Waals surface area contributed by atoms with Gasteiger partial charge in [-0.1, -0.05) is 11.8 Å².